The first-order valence-corrected chi connectivity index (χ1v) is 7.75. The second-order valence-electron chi connectivity index (χ2n) is 4.53. The number of carboxylic acid groups (broad SMARTS) is 1. The second kappa shape index (κ2) is 16.1. The van der Waals surface area contributed by atoms with Crippen LogP contribution in [0.25, 0.3) is 0 Å². The number of hydrogen-bond donors (Lipinski definition) is 2. The molecule has 0 aliphatic heterocycles. The molecule has 0 bridgehead atoms. The molecule has 10 heteroatoms. The van der Waals surface area contributed by atoms with E-state index in [4.69, 9.17) is 19.7 Å². The number of nitrogens with one attached hydrogen (secondary N) is 1. The Morgan fingerprint density at radius 1 is 0.966 bits per heavy atom. The predicted octanol–water partition coefficient (Wildman–Crippen LogP) is 4.40. The molecule has 7 nitrogen and oxygen atoms in total. The standard InChI is InChI=1S/C17H16N4O.C2HF3O2/c18-16-17-12-8-6-4-2-1-3-5-7-11-15-22-21-20-19-14-10-9-13-17;3-2(4,5)1(6)7/h1-15H,(H,19,21);(H,6,7). The van der Waals surface area contributed by atoms with Crippen molar-refractivity contribution < 1.29 is 27.6 Å². The van der Waals surface area contributed by atoms with Gasteiger partial charge in [-0.1, -0.05) is 54.6 Å². The monoisotopic (exact) mass is 406 g/mol. The van der Waals surface area contributed by atoms with Gasteiger partial charge in [0.05, 0.1) is 17.8 Å². The Labute approximate surface area is 164 Å². The van der Waals surface area contributed by atoms with Crippen molar-refractivity contribution in [1.82, 2.24) is 15.6 Å². The van der Waals surface area contributed by atoms with E-state index in [1.807, 2.05) is 42.5 Å². The molecular formula is C19H17F3N4O3. The van der Waals surface area contributed by atoms with Crippen LogP contribution in [-0.4, -0.2) is 32.8 Å². The van der Waals surface area contributed by atoms with E-state index in [1.165, 1.54) is 12.5 Å². The van der Waals surface area contributed by atoms with Gasteiger partial charge in [-0.3, -0.25) is 0 Å². The maximum atomic E-state index is 10.6. The Hall–Kier alpha value is -4.13. The van der Waals surface area contributed by atoms with Crippen LogP contribution >= 0.6 is 0 Å². The number of aromatic nitrogens is 3. The van der Waals surface area contributed by atoms with Crippen LogP contribution in [0.5, 0.6) is 0 Å². The van der Waals surface area contributed by atoms with Crippen molar-refractivity contribution in [3.8, 4) is 6.07 Å². The molecule has 0 fully saturated rings. The molecule has 0 unspecified atom stereocenters. The van der Waals surface area contributed by atoms with Gasteiger partial charge in [0, 0.05) is 0 Å². The number of carboxylic acids is 1. The van der Waals surface area contributed by atoms with E-state index in [0.717, 1.165) is 0 Å². The van der Waals surface area contributed by atoms with E-state index < -0.39 is 12.1 Å². The maximum Gasteiger partial charge on any atom is 0.490 e. The molecule has 0 saturated carbocycles. The molecule has 0 saturated heterocycles. The highest BCUT2D eigenvalue weighted by Gasteiger charge is 2.38. The Kier molecular flexibility index (Phi) is 13.8. The number of nitriles is 1. The molecule has 152 valence electrons. The van der Waals surface area contributed by atoms with Gasteiger partial charge in [0.1, 0.15) is 6.26 Å². The number of aromatic amines is 1. The van der Waals surface area contributed by atoms with E-state index in [2.05, 4.69) is 21.7 Å². The lowest BCUT2D eigenvalue weighted by Gasteiger charge is -1.93. The average Bonchev–Trinajstić information content (AvgIpc) is 2.67. The molecule has 1 heterocycles. The number of carbonyl (C=O) groups is 1. The first-order chi connectivity index (χ1) is 13.9. The highest BCUT2D eigenvalue weighted by Crippen LogP contribution is 2.13. The highest BCUT2D eigenvalue weighted by atomic mass is 19.4. The van der Waals surface area contributed by atoms with Gasteiger partial charge in [0.15, 0.2) is 0 Å². The third-order valence-electron chi connectivity index (χ3n) is 2.37. The van der Waals surface area contributed by atoms with Gasteiger partial charge in [-0.2, -0.15) is 18.4 Å². The number of rotatable bonds is 0. The van der Waals surface area contributed by atoms with Gasteiger partial charge in [-0.25, -0.2) is 4.79 Å². The molecule has 2 N–H and O–H groups in total. The molecule has 0 radical (unpaired) electrons. The summed E-state index contributed by atoms with van der Waals surface area (Å²) in [5.74, 6) is -2.76. The largest absolute Gasteiger partial charge is 0.490 e. The summed E-state index contributed by atoms with van der Waals surface area (Å²) in [6.07, 6.45) is -2.18. The SMILES string of the molecule is N#Cc1ccccccccccco[nH]nncccc1.O=C(O)C(F)(F)F. The molecule has 0 aliphatic rings. The lowest BCUT2D eigenvalue weighted by atomic mass is 10.3. The lowest BCUT2D eigenvalue weighted by molar-refractivity contribution is -0.192. The summed E-state index contributed by atoms with van der Waals surface area (Å²) in [7, 11) is 0. The molecule has 1 rings (SSSR count). The molecule has 0 amide bonds. The van der Waals surface area contributed by atoms with Crippen molar-refractivity contribution in [3.63, 3.8) is 0 Å². The van der Waals surface area contributed by atoms with E-state index >= 15 is 0 Å². The molecule has 1 aromatic rings. The van der Waals surface area contributed by atoms with Crippen molar-refractivity contribution in [3.05, 3.63) is 96.9 Å². The molecule has 29 heavy (non-hydrogen) atoms. The Balaban J connectivity index is 0.000000956. The van der Waals surface area contributed by atoms with Crippen LogP contribution in [0.3, 0.4) is 0 Å². The number of H-pyrrole nitrogens is 1. The zero-order valence-corrected chi connectivity index (χ0v) is 14.9. The summed E-state index contributed by atoms with van der Waals surface area (Å²) in [5.41, 5.74) is 0.533. The fraction of sp³-hybridized carbons (Fsp3) is 0.0526. The lowest BCUT2D eigenvalue weighted by Crippen LogP contribution is -2.21. The second-order valence-corrected chi connectivity index (χ2v) is 4.53. The fourth-order valence-electron chi connectivity index (χ4n) is 1.18. The first kappa shape index (κ1) is 24.9. The van der Waals surface area contributed by atoms with Crippen LogP contribution in [0, 0.1) is 11.3 Å². The van der Waals surface area contributed by atoms with Gasteiger partial charge in [0.25, 0.3) is 0 Å². The predicted molar refractivity (Wildman–Crippen MR) is 97.6 cm³/mol. The van der Waals surface area contributed by atoms with Gasteiger partial charge >= 0.3 is 12.1 Å². The van der Waals surface area contributed by atoms with Crippen LogP contribution in [0.4, 0.5) is 13.2 Å². The van der Waals surface area contributed by atoms with Gasteiger partial charge in [0.2, 0.25) is 0 Å². The van der Waals surface area contributed by atoms with Gasteiger partial charge in [-0.05, 0) is 29.5 Å². The number of alkyl halides is 3. The van der Waals surface area contributed by atoms with Gasteiger partial charge < -0.3 is 9.63 Å². The van der Waals surface area contributed by atoms with Crippen molar-refractivity contribution in [2.75, 3.05) is 0 Å². The smallest absolute Gasteiger partial charge is 0.475 e. The Morgan fingerprint density at radius 2 is 1.45 bits per heavy atom. The van der Waals surface area contributed by atoms with Crippen molar-refractivity contribution >= 4 is 5.97 Å². The van der Waals surface area contributed by atoms with Gasteiger partial charge in [-0.15, -0.1) is 10.4 Å². The van der Waals surface area contributed by atoms with E-state index in [0.29, 0.717) is 5.56 Å². The van der Waals surface area contributed by atoms with Crippen LogP contribution < -0.4 is 0 Å². The minimum atomic E-state index is -5.08. The fourth-order valence-corrected chi connectivity index (χ4v) is 1.18. The van der Waals surface area contributed by atoms with Crippen molar-refractivity contribution in [1.29, 1.82) is 5.26 Å². The van der Waals surface area contributed by atoms with Crippen LogP contribution in [0.1, 0.15) is 5.56 Å². The quantitative estimate of drug-likeness (QED) is 0.660. The summed E-state index contributed by atoms with van der Waals surface area (Å²) < 4.78 is 36.6. The summed E-state index contributed by atoms with van der Waals surface area (Å²) >= 11 is 0. The molecular weight excluding hydrogens is 389 g/mol. The molecule has 0 aromatic carbocycles. The summed E-state index contributed by atoms with van der Waals surface area (Å²) in [4.78, 5) is 8.90. The first-order valence-electron chi connectivity index (χ1n) is 7.75. The number of nitrogens with zero attached hydrogens (tertiary/aromatic N) is 3. The molecule has 0 atom stereocenters. The Bertz CT molecular complexity index is 836. The maximum absolute atomic E-state index is 10.6. The zero-order chi connectivity index (χ0) is 21.8. The van der Waals surface area contributed by atoms with Crippen LogP contribution in [-0.2, 0) is 4.79 Å². The third kappa shape index (κ3) is 17.1. The number of aliphatic carboxylic acids is 1. The molecule has 0 spiro atoms. The van der Waals surface area contributed by atoms with Crippen LogP contribution in [0.15, 0.2) is 95.8 Å². The minimum Gasteiger partial charge on any atom is -0.475 e. The van der Waals surface area contributed by atoms with Crippen molar-refractivity contribution in [2.24, 2.45) is 0 Å². The van der Waals surface area contributed by atoms with E-state index in [1.54, 1.807) is 36.4 Å². The van der Waals surface area contributed by atoms with Crippen molar-refractivity contribution in [2.45, 2.75) is 6.18 Å². The normalized spacial score (nSPS) is 8.76. The highest BCUT2D eigenvalue weighted by molar-refractivity contribution is 5.73. The minimum absolute atomic E-state index is 0.533. The number of hydrogen-bond acceptors (Lipinski definition) is 5. The zero-order valence-electron chi connectivity index (χ0n) is 14.9. The molecule has 1 aromatic heterocycles. The summed E-state index contributed by atoms with van der Waals surface area (Å²) in [6, 6.07) is 25.4. The summed E-state index contributed by atoms with van der Waals surface area (Å²) in [5, 5.41) is 25.6. The topological polar surface area (TPSA) is 116 Å². The number of halogens is 3. The average molecular weight is 406 g/mol. The van der Waals surface area contributed by atoms with E-state index in [-0.39, 0.29) is 0 Å². The van der Waals surface area contributed by atoms with Crippen LogP contribution in [0.2, 0.25) is 0 Å². The summed E-state index contributed by atoms with van der Waals surface area (Å²) in [6.45, 7) is 0. The molecule has 0 aliphatic carbocycles. The third-order valence-corrected chi connectivity index (χ3v) is 2.37. The Morgan fingerprint density at radius 3 is 1.97 bits per heavy atom. The van der Waals surface area contributed by atoms with E-state index in [9.17, 15) is 13.2 Å².